The van der Waals surface area contributed by atoms with E-state index >= 15 is 0 Å². The molecule has 0 radical (unpaired) electrons. The number of morpholine rings is 1. The van der Waals surface area contributed by atoms with E-state index in [4.69, 9.17) is 9.72 Å². The molecular formula is C22H29N3O. The van der Waals surface area contributed by atoms with Crippen molar-refractivity contribution in [2.45, 2.75) is 46.0 Å². The molecule has 0 N–H and O–H groups in total. The number of hydrogen-bond donors (Lipinski definition) is 0. The Morgan fingerprint density at radius 2 is 1.85 bits per heavy atom. The summed E-state index contributed by atoms with van der Waals surface area (Å²) in [5.41, 5.74) is 6.36. The fourth-order valence-corrected chi connectivity index (χ4v) is 4.47. The van der Waals surface area contributed by atoms with Crippen LogP contribution < -0.4 is 0 Å². The van der Waals surface area contributed by atoms with Crippen molar-refractivity contribution >= 4 is 0 Å². The summed E-state index contributed by atoms with van der Waals surface area (Å²) in [5.74, 6) is 0. The van der Waals surface area contributed by atoms with Crippen LogP contribution in [0.1, 0.15) is 28.1 Å². The van der Waals surface area contributed by atoms with Gasteiger partial charge in [-0.1, -0.05) is 35.4 Å². The van der Waals surface area contributed by atoms with Crippen LogP contribution in [0.25, 0.3) is 0 Å². The maximum absolute atomic E-state index is 6.11. The van der Waals surface area contributed by atoms with E-state index in [1.165, 1.54) is 22.4 Å². The second-order valence-corrected chi connectivity index (χ2v) is 7.91. The lowest BCUT2D eigenvalue weighted by atomic mass is 10.1. The second-order valence-electron chi connectivity index (χ2n) is 7.91. The van der Waals surface area contributed by atoms with E-state index in [2.05, 4.69) is 67.0 Å². The maximum atomic E-state index is 6.11. The van der Waals surface area contributed by atoms with E-state index in [1.807, 2.05) is 0 Å². The summed E-state index contributed by atoms with van der Waals surface area (Å²) in [6.45, 7) is 12.3. The third-order valence-electron chi connectivity index (χ3n) is 5.49. The molecule has 2 aromatic rings. The molecule has 3 heterocycles. The average molecular weight is 351 g/mol. The minimum absolute atomic E-state index is 0.319. The highest BCUT2D eigenvalue weighted by molar-refractivity contribution is 5.28. The fraction of sp³-hybridized carbons (Fsp3) is 0.500. The zero-order valence-corrected chi connectivity index (χ0v) is 16.1. The normalized spacial score (nSPS) is 24.0. The lowest BCUT2D eigenvalue weighted by Crippen LogP contribution is -2.50. The van der Waals surface area contributed by atoms with Crippen LogP contribution in [0, 0.1) is 20.8 Å². The van der Waals surface area contributed by atoms with Crippen LogP contribution in [-0.2, 0) is 17.8 Å². The number of benzene rings is 1. The first-order chi connectivity index (χ1) is 12.6. The Balaban J connectivity index is 1.44. The predicted octanol–water partition coefficient (Wildman–Crippen LogP) is 3.09. The van der Waals surface area contributed by atoms with Crippen molar-refractivity contribution in [3.05, 3.63) is 64.5 Å². The number of aromatic nitrogens is 1. The van der Waals surface area contributed by atoms with E-state index in [-0.39, 0.29) is 0 Å². The van der Waals surface area contributed by atoms with Gasteiger partial charge in [0.05, 0.1) is 24.4 Å². The predicted molar refractivity (Wildman–Crippen MR) is 104 cm³/mol. The van der Waals surface area contributed by atoms with E-state index in [9.17, 15) is 0 Å². The van der Waals surface area contributed by atoms with Crippen LogP contribution >= 0.6 is 0 Å². The van der Waals surface area contributed by atoms with Crippen LogP contribution in [0.4, 0.5) is 0 Å². The summed E-state index contributed by atoms with van der Waals surface area (Å²) in [5, 5.41) is 0. The van der Waals surface area contributed by atoms with Gasteiger partial charge in [-0.05, 0) is 38.5 Å². The molecule has 2 fully saturated rings. The molecule has 0 aliphatic carbocycles. The minimum atomic E-state index is 0.319. The summed E-state index contributed by atoms with van der Waals surface area (Å²) >= 11 is 0. The number of aryl methyl sites for hydroxylation is 3. The number of hydrogen-bond acceptors (Lipinski definition) is 4. The molecule has 2 atom stereocenters. The number of fused-ring (bicyclic) bond motifs is 1. The van der Waals surface area contributed by atoms with Crippen LogP contribution in [-0.4, -0.2) is 53.2 Å². The molecule has 1 aromatic carbocycles. The van der Waals surface area contributed by atoms with Gasteiger partial charge in [0.15, 0.2) is 0 Å². The number of pyridine rings is 1. The largest absolute Gasteiger partial charge is 0.374 e. The first-order valence-corrected chi connectivity index (χ1v) is 9.64. The van der Waals surface area contributed by atoms with Gasteiger partial charge >= 0.3 is 0 Å². The topological polar surface area (TPSA) is 28.6 Å². The molecule has 4 nitrogen and oxygen atoms in total. The zero-order chi connectivity index (χ0) is 18.1. The van der Waals surface area contributed by atoms with E-state index in [1.54, 1.807) is 0 Å². The third kappa shape index (κ3) is 3.98. The van der Waals surface area contributed by atoms with Crippen molar-refractivity contribution in [3.63, 3.8) is 0 Å². The summed E-state index contributed by atoms with van der Waals surface area (Å²) in [6, 6.07) is 13.6. The molecule has 138 valence electrons. The van der Waals surface area contributed by atoms with Gasteiger partial charge in [0.1, 0.15) is 0 Å². The summed E-state index contributed by atoms with van der Waals surface area (Å²) in [7, 11) is 0. The molecule has 0 spiro atoms. The van der Waals surface area contributed by atoms with Crippen molar-refractivity contribution in [2.75, 3.05) is 26.2 Å². The zero-order valence-electron chi connectivity index (χ0n) is 16.1. The monoisotopic (exact) mass is 351 g/mol. The minimum Gasteiger partial charge on any atom is -0.374 e. The Labute approximate surface area is 156 Å². The molecule has 2 aliphatic rings. The highest BCUT2D eigenvalue weighted by Gasteiger charge is 2.39. The van der Waals surface area contributed by atoms with E-state index < -0.39 is 0 Å². The number of nitrogens with zero attached hydrogens (tertiary/aromatic N) is 3. The van der Waals surface area contributed by atoms with E-state index in [0.717, 1.165) is 45.0 Å². The van der Waals surface area contributed by atoms with Crippen LogP contribution in [0.15, 0.2) is 36.4 Å². The van der Waals surface area contributed by atoms with Crippen molar-refractivity contribution in [1.29, 1.82) is 0 Å². The highest BCUT2D eigenvalue weighted by atomic mass is 16.5. The van der Waals surface area contributed by atoms with Crippen molar-refractivity contribution in [3.8, 4) is 0 Å². The number of likely N-dealkylation sites (tertiary alicyclic amines) is 1. The quantitative estimate of drug-likeness (QED) is 0.846. The molecular weight excluding hydrogens is 322 g/mol. The van der Waals surface area contributed by atoms with Crippen molar-refractivity contribution in [2.24, 2.45) is 0 Å². The molecule has 0 bridgehead atoms. The van der Waals surface area contributed by atoms with Gasteiger partial charge in [-0.25, -0.2) is 0 Å². The van der Waals surface area contributed by atoms with Gasteiger partial charge < -0.3 is 4.74 Å². The Hall–Kier alpha value is -1.75. The first kappa shape index (κ1) is 17.7. The van der Waals surface area contributed by atoms with Crippen LogP contribution in [0.2, 0.25) is 0 Å². The molecule has 0 saturated carbocycles. The smallest absolute Gasteiger partial charge is 0.0870 e. The molecule has 4 rings (SSSR count). The Kier molecular flexibility index (Phi) is 5.07. The average Bonchev–Trinajstić information content (AvgIpc) is 2.97. The van der Waals surface area contributed by atoms with Gasteiger partial charge in [0.2, 0.25) is 0 Å². The van der Waals surface area contributed by atoms with Crippen LogP contribution in [0.5, 0.6) is 0 Å². The highest BCUT2D eigenvalue weighted by Crippen LogP contribution is 2.26. The number of ether oxygens (including phenoxy) is 1. The Morgan fingerprint density at radius 3 is 2.62 bits per heavy atom. The lowest BCUT2D eigenvalue weighted by molar-refractivity contribution is -0.0508. The molecule has 1 aromatic heterocycles. The van der Waals surface area contributed by atoms with Gasteiger partial charge in [0.25, 0.3) is 0 Å². The molecule has 0 amide bonds. The fourth-order valence-electron chi connectivity index (χ4n) is 4.47. The van der Waals surface area contributed by atoms with Crippen LogP contribution in [0.3, 0.4) is 0 Å². The Morgan fingerprint density at radius 1 is 1.04 bits per heavy atom. The summed E-state index contributed by atoms with van der Waals surface area (Å²) in [6.07, 6.45) is 0.319. The molecule has 4 heteroatoms. The molecule has 2 saturated heterocycles. The van der Waals surface area contributed by atoms with Gasteiger partial charge in [-0.3, -0.25) is 14.8 Å². The third-order valence-corrected chi connectivity index (χ3v) is 5.49. The van der Waals surface area contributed by atoms with Crippen molar-refractivity contribution in [1.82, 2.24) is 14.8 Å². The van der Waals surface area contributed by atoms with Gasteiger partial charge in [-0.2, -0.15) is 0 Å². The molecule has 2 aliphatic heterocycles. The summed E-state index contributed by atoms with van der Waals surface area (Å²) < 4.78 is 6.11. The first-order valence-electron chi connectivity index (χ1n) is 9.64. The maximum Gasteiger partial charge on any atom is 0.0870 e. The molecule has 0 unspecified atom stereocenters. The van der Waals surface area contributed by atoms with Gasteiger partial charge in [0, 0.05) is 38.4 Å². The standard InChI is InChI=1S/C22H29N3O/c1-16-9-17(2)11-19(10-16)12-24-14-21-22(15-24)26-8-7-25(21)13-20-6-4-5-18(3)23-20/h4-6,9-11,21-22H,7-8,12-15H2,1-3H3/t21-,22+/m0/s1. The Bertz CT molecular complexity index is 755. The van der Waals surface area contributed by atoms with Gasteiger partial charge in [-0.15, -0.1) is 0 Å². The number of rotatable bonds is 4. The lowest BCUT2D eigenvalue weighted by Gasteiger charge is -2.36. The van der Waals surface area contributed by atoms with Crippen molar-refractivity contribution < 1.29 is 4.74 Å². The van der Waals surface area contributed by atoms with E-state index in [0.29, 0.717) is 12.1 Å². The molecule has 26 heavy (non-hydrogen) atoms. The SMILES string of the molecule is Cc1cc(C)cc(CN2C[C@H]3OCCN(Cc4cccc(C)n4)[C@H]3C2)c1. The second kappa shape index (κ2) is 7.47. The summed E-state index contributed by atoms with van der Waals surface area (Å²) in [4.78, 5) is 9.81.